The fourth-order valence-electron chi connectivity index (χ4n) is 5.03. The molecule has 2 heterocycles. The Kier molecular flexibility index (Phi) is 8.11. The number of carbonyl (C=O) groups is 4. The summed E-state index contributed by atoms with van der Waals surface area (Å²) >= 11 is 0. The lowest BCUT2D eigenvalue weighted by atomic mass is 9.89. The highest BCUT2D eigenvalue weighted by molar-refractivity contribution is 6.13. The van der Waals surface area contributed by atoms with Gasteiger partial charge in [-0.25, -0.2) is 9.37 Å². The van der Waals surface area contributed by atoms with Gasteiger partial charge in [0.15, 0.2) is 0 Å². The smallest absolute Gasteiger partial charge is 0.338 e. The molecule has 0 saturated carbocycles. The Morgan fingerprint density at radius 3 is 2.37 bits per heavy atom. The van der Waals surface area contributed by atoms with E-state index >= 15 is 0 Å². The third-order valence-corrected chi connectivity index (χ3v) is 7.29. The molecular weight excluding hydrogens is 548 g/mol. The van der Waals surface area contributed by atoms with Crippen LogP contribution in [-0.4, -0.2) is 76.5 Å². The van der Waals surface area contributed by atoms with Crippen LogP contribution in [0.25, 0.3) is 33.4 Å². The first-order valence-electron chi connectivity index (χ1n) is 13.9. The van der Waals surface area contributed by atoms with Crippen molar-refractivity contribution >= 4 is 40.3 Å². The highest BCUT2D eigenvalue weighted by Gasteiger charge is 2.25. The Bertz CT molecular complexity index is 1830. The van der Waals surface area contributed by atoms with Gasteiger partial charge in [0.2, 0.25) is 5.36 Å². The highest BCUT2D eigenvalue weighted by Crippen LogP contribution is 2.42. The predicted octanol–water partition coefficient (Wildman–Crippen LogP) is 3.13. The number of nitrogens with zero attached hydrogens (tertiary/aromatic N) is 3. The van der Waals surface area contributed by atoms with Crippen LogP contribution in [0.4, 0.5) is 5.69 Å². The first-order valence-corrected chi connectivity index (χ1v) is 13.9. The second-order valence-electron chi connectivity index (χ2n) is 10.5. The van der Waals surface area contributed by atoms with Crippen LogP contribution in [0, 0.1) is 0 Å². The molecule has 220 valence electrons. The number of nitrogens with one attached hydrogen (secondary N) is 1. The van der Waals surface area contributed by atoms with Gasteiger partial charge in [-0.2, -0.15) is 0 Å². The minimum absolute atomic E-state index is 0.0437. The van der Waals surface area contributed by atoms with E-state index in [2.05, 4.69) is 5.32 Å². The zero-order valence-electron chi connectivity index (χ0n) is 24.8. The Morgan fingerprint density at radius 2 is 1.70 bits per heavy atom. The van der Waals surface area contributed by atoms with Gasteiger partial charge in [-0.3, -0.25) is 19.3 Å². The van der Waals surface area contributed by atoms with Gasteiger partial charge in [-0.1, -0.05) is 0 Å². The molecular formula is C33H33N4O6+. The summed E-state index contributed by atoms with van der Waals surface area (Å²) in [6, 6.07) is 16.5. The second kappa shape index (κ2) is 11.9. The normalized spacial score (nSPS) is 12.7. The van der Waals surface area contributed by atoms with Crippen LogP contribution in [-0.2, 0) is 14.3 Å². The molecule has 0 bridgehead atoms. The van der Waals surface area contributed by atoms with E-state index in [4.69, 9.17) is 9.15 Å². The van der Waals surface area contributed by atoms with E-state index in [1.54, 1.807) is 25.1 Å². The maximum atomic E-state index is 13.3. The molecule has 0 spiro atoms. The van der Waals surface area contributed by atoms with Crippen LogP contribution >= 0.6 is 0 Å². The monoisotopic (exact) mass is 581 g/mol. The Labute approximate surface area is 248 Å². The maximum Gasteiger partial charge on any atom is 0.338 e. The molecule has 0 aromatic heterocycles. The number of amides is 3. The zero-order chi connectivity index (χ0) is 30.8. The summed E-state index contributed by atoms with van der Waals surface area (Å²) in [5.41, 5.74) is 4.16. The van der Waals surface area contributed by atoms with Crippen molar-refractivity contribution in [1.29, 1.82) is 0 Å². The summed E-state index contributed by atoms with van der Waals surface area (Å²) in [7, 11) is 7.78. The third-order valence-electron chi connectivity index (χ3n) is 7.29. The molecule has 2 aromatic rings. The Hall–Kier alpha value is -5.25. The van der Waals surface area contributed by atoms with Crippen LogP contribution in [0.15, 0.2) is 71.2 Å². The lowest BCUT2D eigenvalue weighted by Crippen LogP contribution is -2.38. The summed E-state index contributed by atoms with van der Waals surface area (Å²) in [6.45, 7) is 2.04. The minimum Gasteiger partial charge on any atom is -0.462 e. The molecule has 0 atom stereocenters. The molecule has 3 amide bonds. The minimum atomic E-state index is -0.514. The summed E-state index contributed by atoms with van der Waals surface area (Å²) in [4.78, 5) is 53.3. The number of imide groups is 1. The molecule has 3 aliphatic rings. The third kappa shape index (κ3) is 5.76. The molecule has 10 nitrogen and oxygen atoms in total. The average molecular weight is 582 g/mol. The quantitative estimate of drug-likeness (QED) is 0.147. The van der Waals surface area contributed by atoms with Gasteiger partial charge < -0.3 is 19.4 Å². The van der Waals surface area contributed by atoms with Gasteiger partial charge in [0.25, 0.3) is 17.7 Å². The van der Waals surface area contributed by atoms with Crippen LogP contribution in [0.1, 0.15) is 27.6 Å². The standard InChI is InChI=1S/C33H32N4O6/c1-6-42-33(41)23-10-7-20(32(40)34-15-16-37-29(38)13-14-30(37)39)17-26(23)31-24-11-8-21(35(2)3)18-27(24)43-28-19-22(36(4)5)9-12-25(28)31/h7-14,17-19H,6,15-16H2,1-5H3/p+1. The number of anilines is 1. The maximum absolute atomic E-state index is 13.3. The van der Waals surface area contributed by atoms with Gasteiger partial charge in [-0.15, -0.1) is 0 Å². The van der Waals surface area contributed by atoms with Crippen molar-refractivity contribution in [2.45, 2.75) is 6.92 Å². The molecule has 0 unspecified atom stereocenters. The van der Waals surface area contributed by atoms with E-state index in [0.29, 0.717) is 28.0 Å². The van der Waals surface area contributed by atoms with Crippen LogP contribution in [0.5, 0.6) is 0 Å². The van der Waals surface area contributed by atoms with Crippen LogP contribution in [0.2, 0.25) is 0 Å². The molecule has 0 saturated heterocycles. The van der Waals surface area contributed by atoms with E-state index in [1.165, 1.54) is 12.2 Å². The summed E-state index contributed by atoms with van der Waals surface area (Å²) in [5.74, 6) is -1.14. The fourth-order valence-corrected chi connectivity index (χ4v) is 5.03. The van der Waals surface area contributed by atoms with Crippen molar-refractivity contribution < 1.29 is 28.3 Å². The average Bonchev–Trinajstić information content (AvgIpc) is 3.31. The van der Waals surface area contributed by atoms with Crippen molar-refractivity contribution in [1.82, 2.24) is 14.8 Å². The van der Waals surface area contributed by atoms with E-state index in [9.17, 15) is 19.2 Å². The number of hydrogen-bond donors (Lipinski definition) is 1. The Morgan fingerprint density at radius 1 is 0.953 bits per heavy atom. The number of fused-ring (bicyclic) bond motifs is 2. The van der Waals surface area contributed by atoms with Crippen molar-refractivity contribution in [2.24, 2.45) is 0 Å². The number of benzene rings is 3. The molecule has 2 aromatic carbocycles. The van der Waals surface area contributed by atoms with Crippen molar-refractivity contribution in [2.75, 3.05) is 52.8 Å². The highest BCUT2D eigenvalue weighted by atomic mass is 16.5. The molecule has 10 heteroatoms. The van der Waals surface area contributed by atoms with Crippen LogP contribution < -0.4 is 20.1 Å². The van der Waals surface area contributed by atoms with Gasteiger partial charge in [0, 0.05) is 79.2 Å². The second-order valence-corrected chi connectivity index (χ2v) is 10.5. The van der Waals surface area contributed by atoms with Crippen LogP contribution in [0.3, 0.4) is 0 Å². The number of carbonyl (C=O) groups excluding carboxylic acids is 4. The lowest BCUT2D eigenvalue weighted by Gasteiger charge is -2.20. The SMILES string of the molecule is CCOC(=O)c1ccc(C(=O)NCCN2C(=O)C=CC2=O)cc1-c1c2ccc(=[N+](C)C)cc-2oc2cc(N(C)C)ccc12. The number of hydrogen-bond acceptors (Lipinski definition) is 7. The first kappa shape index (κ1) is 29.2. The number of esters is 1. The molecule has 2 aliphatic heterocycles. The van der Waals surface area contributed by atoms with Gasteiger partial charge in [0.05, 0.1) is 18.2 Å². The van der Waals surface area contributed by atoms with E-state index < -0.39 is 23.7 Å². The van der Waals surface area contributed by atoms with Crippen molar-refractivity contribution in [3.63, 3.8) is 0 Å². The zero-order valence-corrected chi connectivity index (χ0v) is 24.8. The Balaban J connectivity index is 1.66. The summed E-state index contributed by atoms with van der Waals surface area (Å²) in [5, 5.41) is 4.48. The lowest BCUT2D eigenvalue weighted by molar-refractivity contribution is -0.136. The van der Waals surface area contributed by atoms with Gasteiger partial charge in [0.1, 0.15) is 25.4 Å². The molecule has 1 aliphatic carbocycles. The van der Waals surface area contributed by atoms with Crippen molar-refractivity contribution in [3.8, 4) is 22.5 Å². The first-order chi connectivity index (χ1) is 20.6. The molecule has 0 fully saturated rings. The fraction of sp³-hybridized carbons (Fsp3) is 0.242. The summed E-state index contributed by atoms with van der Waals surface area (Å²) in [6.07, 6.45) is 2.41. The molecule has 43 heavy (non-hydrogen) atoms. The van der Waals surface area contributed by atoms with Gasteiger partial charge in [-0.05, 0) is 48.9 Å². The summed E-state index contributed by atoms with van der Waals surface area (Å²) < 4.78 is 13.8. The largest absolute Gasteiger partial charge is 0.462 e. The van der Waals surface area contributed by atoms with E-state index in [0.717, 1.165) is 32.5 Å². The predicted molar refractivity (Wildman–Crippen MR) is 164 cm³/mol. The van der Waals surface area contributed by atoms with Gasteiger partial charge >= 0.3 is 5.97 Å². The topological polar surface area (TPSA) is 112 Å². The number of ether oxygens (including phenoxy) is 1. The molecule has 0 radical (unpaired) electrons. The molecule has 1 N–H and O–H groups in total. The molecule has 5 rings (SSSR count). The number of rotatable bonds is 8. The van der Waals surface area contributed by atoms with E-state index in [1.807, 2.05) is 74.1 Å². The van der Waals surface area contributed by atoms with Crippen molar-refractivity contribution in [3.05, 3.63) is 83.2 Å². The van der Waals surface area contributed by atoms with E-state index in [-0.39, 0.29) is 19.7 Å².